The molecule has 19 heteroatoms. The Bertz CT molecular complexity index is 1960. The Balaban J connectivity index is 1.36. The van der Waals surface area contributed by atoms with Crippen molar-refractivity contribution in [1.82, 2.24) is 5.32 Å². The van der Waals surface area contributed by atoms with E-state index in [4.69, 9.17) is 28.4 Å². The third kappa shape index (κ3) is 43.0. The van der Waals surface area contributed by atoms with Gasteiger partial charge in [0.1, 0.15) is 73.2 Å². The Morgan fingerprint density at radius 3 is 1.02 bits per heavy atom. The number of aliphatic hydroxyl groups is 11. The molecule has 3 fully saturated rings. The predicted octanol–water partition coefficient (Wildman–Crippen LogP) is 14.3. The molecule has 17 unspecified atom stereocenters. The molecule has 1 amide bonds. The number of carbonyl (C=O) groups is 1. The Morgan fingerprint density at radius 1 is 0.356 bits per heavy atom. The minimum absolute atomic E-state index is 0.240. The summed E-state index contributed by atoms with van der Waals surface area (Å²) in [6, 6.07) is -0.891. The summed E-state index contributed by atoms with van der Waals surface area (Å²) >= 11 is 0. The fourth-order valence-electron chi connectivity index (χ4n) is 14.3. The highest BCUT2D eigenvalue weighted by atomic mass is 16.8. The summed E-state index contributed by atoms with van der Waals surface area (Å²) in [4.78, 5) is 13.5. The maximum absolute atomic E-state index is 13.5. The van der Waals surface area contributed by atoms with Gasteiger partial charge in [0.25, 0.3) is 0 Å². The van der Waals surface area contributed by atoms with E-state index in [0.717, 1.165) is 64.2 Å². The summed E-state index contributed by atoms with van der Waals surface area (Å²) < 4.78 is 34.6. The van der Waals surface area contributed by atoms with Gasteiger partial charge in [-0.3, -0.25) is 4.79 Å². The lowest BCUT2D eigenvalue weighted by Crippen LogP contribution is -2.66. The molecular formula is C82H153NO18. The Morgan fingerprint density at radius 2 is 0.653 bits per heavy atom. The van der Waals surface area contributed by atoms with Crippen molar-refractivity contribution in [2.24, 2.45) is 0 Å². The van der Waals surface area contributed by atoms with Crippen molar-refractivity contribution >= 4 is 5.91 Å². The van der Waals surface area contributed by atoms with Crippen molar-refractivity contribution in [3.63, 3.8) is 0 Å². The van der Waals surface area contributed by atoms with E-state index in [0.29, 0.717) is 12.8 Å². The van der Waals surface area contributed by atoms with E-state index < -0.39 is 124 Å². The van der Waals surface area contributed by atoms with Crippen LogP contribution in [0.15, 0.2) is 36.5 Å². The Kier molecular flexibility index (Phi) is 58.1. The number of hydrogen-bond acceptors (Lipinski definition) is 18. The fraction of sp³-hybridized carbons (Fsp3) is 0.915. The molecule has 12 N–H and O–H groups in total. The van der Waals surface area contributed by atoms with Gasteiger partial charge in [-0.05, 0) is 51.4 Å². The molecule has 0 spiro atoms. The van der Waals surface area contributed by atoms with Crippen molar-refractivity contribution in [2.75, 3.05) is 26.4 Å². The first-order valence-electron chi connectivity index (χ1n) is 41.7. The number of aliphatic hydroxyl groups excluding tert-OH is 11. The van der Waals surface area contributed by atoms with Crippen LogP contribution in [0, 0.1) is 0 Å². The van der Waals surface area contributed by atoms with E-state index in [1.807, 2.05) is 0 Å². The first-order valence-corrected chi connectivity index (χ1v) is 41.7. The van der Waals surface area contributed by atoms with Crippen LogP contribution < -0.4 is 5.32 Å². The Labute approximate surface area is 612 Å². The second-order valence-corrected chi connectivity index (χ2v) is 29.9. The van der Waals surface area contributed by atoms with Crippen LogP contribution in [0.3, 0.4) is 0 Å². The van der Waals surface area contributed by atoms with E-state index in [2.05, 4.69) is 55.6 Å². The molecule has 3 aliphatic heterocycles. The van der Waals surface area contributed by atoms with Gasteiger partial charge in [0.05, 0.1) is 38.6 Å². The second-order valence-electron chi connectivity index (χ2n) is 29.9. The zero-order chi connectivity index (χ0) is 73.2. The molecule has 3 saturated heterocycles. The van der Waals surface area contributed by atoms with Crippen molar-refractivity contribution in [2.45, 2.75) is 452 Å². The van der Waals surface area contributed by atoms with Crippen molar-refractivity contribution in [3.8, 4) is 0 Å². The number of carbonyl (C=O) groups excluding carboxylic acids is 1. The number of ether oxygens (including phenoxy) is 6. The van der Waals surface area contributed by atoms with Gasteiger partial charge < -0.3 is 89.9 Å². The van der Waals surface area contributed by atoms with Crippen LogP contribution in [0.1, 0.15) is 348 Å². The molecule has 594 valence electrons. The Hall–Kier alpha value is -1.99. The van der Waals surface area contributed by atoms with Crippen LogP contribution in [0.5, 0.6) is 0 Å². The van der Waals surface area contributed by atoms with Gasteiger partial charge in [0, 0.05) is 6.42 Å². The van der Waals surface area contributed by atoms with Gasteiger partial charge in [-0.25, -0.2) is 0 Å². The van der Waals surface area contributed by atoms with Gasteiger partial charge in [0.15, 0.2) is 18.9 Å². The molecule has 3 aliphatic rings. The lowest BCUT2D eigenvalue weighted by molar-refractivity contribution is -0.379. The second kappa shape index (κ2) is 63.0. The molecule has 19 nitrogen and oxygen atoms in total. The zero-order valence-electron chi connectivity index (χ0n) is 63.7. The third-order valence-corrected chi connectivity index (χ3v) is 21.0. The number of hydrogen-bond donors (Lipinski definition) is 12. The van der Waals surface area contributed by atoms with Gasteiger partial charge >= 0.3 is 0 Å². The number of unbranched alkanes of at least 4 members (excludes halogenated alkanes) is 45. The highest BCUT2D eigenvalue weighted by Crippen LogP contribution is 2.33. The van der Waals surface area contributed by atoms with Crippen molar-refractivity contribution in [1.29, 1.82) is 0 Å². The zero-order valence-corrected chi connectivity index (χ0v) is 63.7. The average molecular weight is 1440 g/mol. The molecule has 3 rings (SSSR count). The largest absolute Gasteiger partial charge is 0.394 e. The number of allylic oxidation sites excluding steroid dienone is 6. The molecule has 0 aromatic heterocycles. The van der Waals surface area contributed by atoms with Crippen molar-refractivity contribution in [3.05, 3.63) is 36.5 Å². The van der Waals surface area contributed by atoms with Crippen LogP contribution in [-0.4, -0.2) is 193 Å². The van der Waals surface area contributed by atoms with E-state index in [1.54, 1.807) is 0 Å². The van der Waals surface area contributed by atoms with Crippen LogP contribution >= 0.6 is 0 Å². The van der Waals surface area contributed by atoms with E-state index in [-0.39, 0.29) is 18.9 Å². The summed E-state index contributed by atoms with van der Waals surface area (Å²) in [7, 11) is 0. The maximum atomic E-state index is 13.5. The predicted molar refractivity (Wildman–Crippen MR) is 402 cm³/mol. The fourth-order valence-corrected chi connectivity index (χ4v) is 14.3. The molecule has 0 saturated carbocycles. The lowest BCUT2D eigenvalue weighted by Gasteiger charge is -2.48. The van der Waals surface area contributed by atoms with Gasteiger partial charge in [-0.2, -0.15) is 0 Å². The molecule has 0 radical (unpaired) electrons. The molecule has 0 aromatic rings. The van der Waals surface area contributed by atoms with E-state index in [9.17, 15) is 61.0 Å². The molecule has 0 aromatic carbocycles. The SMILES string of the molecule is CCCCCCC/C=C\C/C=C\C/C=C\CCCCCCCCCCCCCCC(=O)NC(COC1OC(CO)C(OC2OC(CO)C(OC3OC(CO)C(O)C(O)C3O)C(O)C2O)C(O)C1O)C(O)CCCCCCCCCCCCCCCCCCCCCCCCCCCCCCC. The number of nitrogens with one attached hydrogen (secondary N) is 1. The molecule has 101 heavy (non-hydrogen) atoms. The smallest absolute Gasteiger partial charge is 0.220 e. The number of amides is 1. The first kappa shape index (κ1) is 93.2. The summed E-state index contributed by atoms with van der Waals surface area (Å²) in [6.07, 6.45) is 50.9. The van der Waals surface area contributed by atoms with Crippen LogP contribution in [0.4, 0.5) is 0 Å². The normalized spacial score (nSPS) is 26.4. The highest BCUT2D eigenvalue weighted by molar-refractivity contribution is 5.76. The molecule has 0 bridgehead atoms. The minimum atomic E-state index is -1.97. The van der Waals surface area contributed by atoms with Gasteiger partial charge in [-0.15, -0.1) is 0 Å². The lowest BCUT2D eigenvalue weighted by atomic mass is 9.96. The molecule has 17 atom stereocenters. The standard InChI is InChI=1S/C82H153NO18/c1-3-5-7-9-11-13-15-17-19-21-23-25-27-29-31-32-34-35-37-39-41-43-45-47-49-51-53-55-57-59-66(87)65(83-70(88)60-58-56-54-52-50-48-46-44-42-40-38-36-33-30-28-26-24-22-20-18-16-14-12-10-8-6-4-2)64-96-80-76(94)73(91)78(68(62-85)98-80)101-82-77(95)74(92)79(69(63-86)99-82)100-81-75(93)72(90)71(89)67(61-84)97-81/h16,18,22,24,28,30,65-69,71-82,84-87,89-95H,3-15,17,19-21,23,25-27,29,31-64H2,1-2H3,(H,83,88)/b18-16-,24-22-,30-28-. The summed E-state index contributed by atoms with van der Waals surface area (Å²) in [5.41, 5.74) is 0. The summed E-state index contributed by atoms with van der Waals surface area (Å²) in [5.74, 6) is -0.240. The van der Waals surface area contributed by atoms with Gasteiger partial charge in [0.2, 0.25) is 5.91 Å². The average Bonchev–Trinajstić information content (AvgIpc) is 0.782. The van der Waals surface area contributed by atoms with E-state index in [1.165, 1.54) is 250 Å². The molecule has 0 aliphatic carbocycles. The maximum Gasteiger partial charge on any atom is 0.220 e. The summed E-state index contributed by atoms with van der Waals surface area (Å²) in [6.45, 7) is 1.84. The van der Waals surface area contributed by atoms with Crippen LogP contribution in [-0.2, 0) is 33.2 Å². The number of rotatable bonds is 67. The first-order chi connectivity index (χ1) is 49.3. The highest BCUT2D eigenvalue weighted by Gasteiger charge is 2.54. The quantitative estimate of drug-likeness (QED) is 0.0199. The van der Waals surface area contributed by atoms with Crippen molar-refractivity contribution < 1.29 is 89.4 Å². The summed E-state index contributed by atoms with van der Waals surface area (Å²) in [5, 5.41) is 121. The van der Waals surface area contributed by atoms with Gasteiger partial charge in [-0.1, -0.05) is 326 Å². The monoisotopic (exact) mass is 1440 g/mol. The topological polar surface area (TPSA) is 307 Å². The third-order valence-electron chi connectivity index (χ3n) is 21.0. The van der Waals surface area contributed by atoms with Crippen LogP contribution in [0.2, 0.25) is 0 Å². The minimum Gasteiger partial charge on any atom is -0.394 e. The van der Waals surface area contributed by atoms with Crippen LogP contribution in [0.25, 0.3) is 0 Å². The molecular weight excluding hydrogens is 1290 g/mol. The van der Waals surface area contributed by atoms with E-state index >= 15 is 0 Å². The molecule has 3 heterocycles.